The monoisotopic (exact) mass is 282 g/mol. The molecule has 20 heavy (non-hydrogen) atoms. The fourth-order valence-electron chi connectivity index (χ4n) is 1.69. The van der Waals surface area contributed by atoms with Crippen LogP contribution in [0.25, 0.3) is 0 Å². The first-order valence-corrected chi connectivity index (χ1v) is 5.91. The number of benzene rings is 1. The van der Waals surface area contributed by atoms with Gasteiger partial charge < -0.3 is 22.4 Å². The topological polar surface area (TPSA) is 31.4 Å². The van der Waals surface area contributed by atoms with Crippen LogP contribution in [-0.2, 0) is 6.61 Å². The lowest BCUT2D eigenvalue weighted by Gasteiger charge is -2.16. The molecule has 0 saturated heterocycles. The van der Waals surface area contributed by atoms with Gasteiger partial charge in [0.2, 0.25) is 5.88 Å². The Balaban J connectivity index is 2.11. The van der Waals surface area contributed by atoms with Gasteiger partial charge in [0.15, 0.2) is 0 Å². The predicted octanol–water partition coefficient (Wildman–Crippen LogP) is 2.72. The Labute approximate surface area is 114 Å². The first-order valence-electron chi connectivity index (χ1n) is 5.91. The van der Waals surface area contributed by atoms with Crippen molar-refractivity contribution in [2.75, 3.05) is 7.11 Å². The van der Waals surface area contributed by atoms with Gasteiger partial charge in [-0.1, -0.05) is 12.1 Å². The summed E-state index contributed by atoms with van der Waals surface area (Å²) >= 11 is 0. The number of halogens is 3. The number of ether oxygens (including phenoxy) is 2. The quantitative estimate of drug-likeness (QED) is 0.790. The molecule has 1 aromatic heterocycles. The minimum atomic E-state index is -5.02. The Morgan fingerprint density at radius 3 is 2.65 bits per heavy atom. The molecule has 0 bridgehead atoms. The maximum absolute atomic E-state index is 12.6. The standard InChI is InChI=1S/C13H12BF3NO2/c1-19-13-10(4-3-7-18-13)9-20-12-6-2-5-11(8-12)14(15,16)17/h2-8H,9H2,1H3/q-1. The predicted molar refractivity (Wildman–Crippen MR) is 70.3 cm³/mol. The van der Waals surface area contributed by atoms with Gasteiger partial charge in [-0.05, 0) is 24.3 Å². The minimum Gasteiger partial charge on any atom is -0.489 e. The van der Waals surface area contributed by atoms with Crippen LogP contribution < -0.4 is 14.9 Å². The number of rotatable bonds is 5. The molecular weight excluding hydrogens is 270 g/mol. The zero-order valence-electron chi connectivity index (χ0n) is 10.7. The summed E-state index contributed by atoms with van der Waals surface area (Å²) in [5.74, 6) is 0.552. The highest BCUT2D eigenvalue weighted by atomic mass is 19.4. The third-order valence-corrected chi connectivity index (χ3v) is 2.67. The van der Waals surface area contributed by atoms with Gasteiger partial charge in [-0.2, -0.15) is 0 Å². The molecular formula is C13H12BF3NO2-. The summed E-state index contributed by atoms with van der Waals surface area (Å²) < 4.78 is 48.3. The zero-order chi connectivity index (χ0) is 14.6. The number of methoxy groups -OCH3 is 1. The molecule has 0 N–H and O–H groups in total. The van der Waals surface area contributed by atoms with Gasteiger partial charge in [0.25, 0.3) is 0 Å². The van der Waals surface area contributed by atoms with E-state index in [1.165, 1.54) is 19.2 Å². The van der Waals surface area contributed by atoms with Crippen molar-refractivity contribution in [2.24, 2.45) is 0 Å². The van der Waals surface area contributed by atoms with E-state index in [0.717, 1.165) is 12.1 Å². The van der Waals surface area contributed by atoms with E-state index in [1.807, 2.05) is 0 Å². The second-order valence-corrected chi connectivity index (χ2v) is 4.11. The van der Waals surface area contributed by atoms with Crippen molar-refractivity contribution in [1.82, 2.24) is 4.98 Å². The average Bonchev–Trinajstić information content (AvgIpc) is 2.45. The third kappa shape index (κ3) is 3.43. The third-order valence-electron chi connectivity index (χ3n) is 2.67. The molecule has 7 heteroatoms. The van der Waals surface area contributed by atoms with Gasteiger partial charge in [-0.25, -0.2) is 4.98 Å². The van der Waals surface area contributed by atoms with Crippen LogP contribution in [0.4, 0.5) is 12.9 Å². The van der Waals surface area contributed by atoms with Crippen molar-refractivity contribution in [3.05, 3.63) is 48.2 Å². The number of hydrogen-bond acceptors (Lipinski definition) is 3. The van der Waals surface area contributed by atoms with Gasteiger partial charge in [-0.15, -0.1) is 5.46 Å². The lowest BCUT2D eigenvalue weighted by molar-refractivity contribution is 0.294. The fraction of sp³-hybridized carbons (Fsp3) is 0.154. The molecule has 0 unspecified atom stereocenters. The van der Waals surface area contributed by atoms with Gasteiger partial charge in [-0.3, -0.25) is 0 Å². The molecule has 0 fully saturated rings. The molecule has 3 nitrogen and oxygen atoms in total. The Morgan fingerprint density at radius 1 is 1.15 bits per heavy atom. The van der Waals surface area contributed by atoms with Crippen LogP contribution >= 0.6 is 0 Å². The molecule has 0 aliphatic rings. The number of nitrogens with zero attached hydrogens (tertiary/aromatic N) is 1. The van der Waals surface area contributed by atoms with Gasteiger partial charge in [0.1, 0.15) is 12.4 Å². The first kappa shape index (κ1) is 14.2. The van der Waals surface area contributed by atoms with E-state index in [1.54, 1.807) is 18.3 Å². The lowest BCUT2D eigenvalue weighted by Crippen LogP contribution is -2.33. The lowest BCUT2D eigenvalue weighted by atomic mass is 9.80. The maximum Gasteiger partial charge on any atom is 0.509 e. The Hall–Kier alpha value is -2.18. The number of pyridine rings is 1. The molecule has 2 aromatic rings. The summed E-state index contributed by atoms with van der Waals surface area (Å²) in [6.45, 7) is -4.94. The van der Waals surface area contributed by atoms with Crippen LogP contribution in [0.3, 0.4) is 0 Å². The molecule has 106 valence electrons. The van der Waals surface area contributed by atoms with E-state index in [9.17, 15) is 12.9 Å². The Kier molecular flexibility index (Phi) is 4.17. The first-order chi connectivity index (χ1) is 9.50. The van der Waals surface area contributed by atoms with Crippen LogP contribution in [0.1, 0.15) is 5.56 Å². The largest absolute Gasteiger partial charge is 0.509 e. The van der Waals surface area contributed by atoms with Crippen LogP contribution in [-0.4, -0.2) is 19.1 Å². The highest BCUT2D eigenvalue weighted by Crippen LogP contribution is 2.18. The van der Waals surface area contributed by atoms with Crippen molar-refractivity contribution in [2.45, 2.75) is 6.61 Å². The molecule has 0 aliphatic carbocycles. The van der Waals surface area contributed by atoms with Gasteiger partial charge >= 0.3 is 6.98 Å². The SMILES string of the molecule is COc1ncccc1COc1cccc([B-](F)(F)F)c1. The van der Waals surface area contributed by atoms with Crippen LogP contribution in [0.15, 0.2) is 42.6 Å². The van der Waals surface area contributed by atoms with Crippen molar-refractivity contribution < 1.29 is 22.4 Å². The molecule has 0 atom stereocenters. The van der Waals surface area contributed by atoms with Gasteiger partial charge in [0.05, 0.1) is 12.7 Å². The molecule has 0 saturated carbocycles. The van der Waals surface area contributed by atoms with Crippen molar-refractivity contribution >= 4 is 12.4 Å². The Bertz CT molecular complexity index is 590. The second kappa shape index (κ2) is 5.86. The normalized spacial score (nSPS) is 11.2. The molecule has 0 spiro atoms. The summed E-state index contributed by atoms with van der Waals surface area (Å²) in [6.07, 6.45) is 1.56. The average molecular weight is 282 g/mol. The summed E-state index contributed by atoms with van der Waals surface area (Å²) in [7, 11) is 1.47. The highest BCUT2D eigenvalue weighted by Gasteiger charge is 2.25. The summed E-state index contributed by atoms with van der Waals surface area (Å²) in [4.78, 5) is 3.99. The number of aromatic nitrogens is 1. The molecule has 0 radical (unpaired) electrons. The van der Waals surface area contributed by atoms with E-state index in [-0.39, 0.29) is 12.4 Å². The van der Waals surface area contributed by atoms with Crippen LogP contribution in [0, 0.1) is 0 Å². The molecule has 0 aliphatic heterocycles. The van der Waals surface area contributed by atoms with Crippen LogP contribution in [0.2, 0.25) is 0 Å². The smallest absolute Gasteiger partial charge is 0.489 e. The Morgan fingerprint density at radius 2 is 1.95 bits per heavy atom. The fourth-order valence-corrected chi connectivity index (χ4v) is 1.69. The van der Waals surface area contributed by atoms with E-state index >= 15 is 0 Å². The highest BCUT2D eigenvalue weighted by molar-refractivity contribution is 6.73. The van der Waals surface area contributed by atoms with E-state index < -0.39 is 12.4 Å². The summed E-state index contributed by atoms with van der Waals surface area (Å²) in [6, 6.07) is 8.26. The van der Waals surface area contributed by atoms with Crippen molar-refractivity contribution in [1.29, 1.82) is 0 Å². The molecule has 1 aromatic carbocycles. The summed E-state index contributed by atoms with van der Waals surface area (Å²) in [5.41, 5.74) is -0.0152. The van der Waals surface area contributed by atoms with Gasteiger partial charge in [0, 0.05) is 6.20 Å². The zero-order valence-corrected chi connectivity index (χ0v) is 10.7. The van der Waals surface area contributed by atoms with Crippen molar-refractivity contribution in [3.63, 3.8) is 0 Å². The maximum atomic E-state index is 12.6. The second-order valence-electron chi connectivity index (χ2n) is 4.11. The van der Waals surface area contributed by atoms with Crippen molar-refractivity contribution in [3.8, 4) is 11.6 Å². The van der Waals surface area contributed by atoms with E-state index in [4.69, 9.17) is 9.47 Å². The molecule has 0 amide bonds. The van der Waals surface area contributed by atoms with Crippen LogP contribution in [0.5, 0.6) is 11.6 Å². The van der Waals surface area contributed by atoms with E-state index in [2.05, 4.69) is 4.98 Å². The van der Waals surface area contributed by atoms with E-state index in [0.29, 0.717) is 11.4 Å². The summed E-state index contributed by atoms with van der Waals surface area (Å²) in [5, 5.41) is 0. The minimum absolute atomic E-state index is 0.0886. The number of hydrogen-bond donors (Lipinski definition) is 0. The molecule has 2 rings (SSSR count). The molecule has 1 heterocycles.